The molecular weight excluding hydrogens is 296 g/mol. The van der Waals surface area contributed by atoms with Crippen molar-refractivity contribution in [2.75, 3.05) is 0 Å². The van der Waals surface area contributed by atoms with Gasteiger partial charge in [0.25, 0.3) is 0 Å². The van der Waals surface area contributed by atoms with Crippen LogP contribution in [-0.2, 0) is 0 Å². The molecule has 102 valence electrons. The number of aromatic nitrogens is 2. The van der Waals surface area contributed by atoms with Crippen molar-refractivity contribution < 1.29 is 17.6 Å². The molecule has 20 heavy (non-hydrogen) atoms. The van der Waals surface area contributed by atoms with Gasteiger partial charge in [-0.15, -0.1) is 0 Å². The van der Waals surface area contributed by atoms with Crippen LogP contribution in [-0.4, -0.2) is 9.97 Å². The fraction of sp³-hybridized carbons (Fsp3) is 0. The number of nitrogens with zero attached hydrogens (tertiary/aromatic N) is 1. The van der Waals surface area contributed by atoms with E-state index in [1.165, 1.54) is 0 Å². The van der Waals surface area contributed by atoms with Gasteiger partial charge in [-0.1, -0.05) is 11.6 Å². The fourth-order valence-corrected chi connectivity index (χ4v) is 1.99. The standard InChI is InChI=1S/C13H5ClF4N2/c14-6-2-7(15)5(1-8(6)16)13-19-11-3-9(17)10(18)4-12(11)20-13/h1-4H,(H,19,20). The highest BCUT2D eigenvalue weighted by Gasteiger charge is 2.15. The van der Waals surface area contributed by atoms with Crippen LogP contribution in [0.1, 0.15) is 0 Å². The quantitative estimate of drug-likeness (QED) is 0.522. The molecule has 3 rings (SSSR count). The predicted octanol–water partition coefficient (Wildman–Crippen LogP) is 4.44. The Bertz CT molecular complexity index is 790. The summed E-state index contributed by atoms with van der Waals surface area (Å²) in [5, 5.41) is -0.362. The minimum atomic E-state index is -1.07. The van der Waals surface area contributed by atoms with E-state index < -0.39 is 23.3 Å². The number of rotatable bonds is 1. The van der Waals surface area contributed by atoms with Gasteiger partial charge in [-0.05, 0) is 12.1 Å². The maximum atomic E-state index is 13.7. The fourth-order valence-electron chi connectivity index (χ4n) is 1.84. The first-order chi connectivity index (χ1) is 9.45. The van der Waals surface area contributed by atoms with Crippen molar-refractivity contribution in [3.8, 4) is 11.4 Å². The van der Waals surface area contributed by atoms with Gasteiger partial charge in [-0.3, -0.25) is 0 Å². The molecule has 2 nitrogen and oxygen atoms in total. The molecule has 3 aromatic rings. The molecule has 0 spiro atoms. The van der Waals surface area contributed by atoms with Crippen LogP contribution in [0.4, 0.5) is 17.6 Å². The van der Waals surface area contributed by atoms with Crippen molar-refractivity contribution in [3.63, 3.8) is 0 Å². The zero-order chi connectivity index (χ0) is 14.4. The summed E-state index contributed by atoms with van der Waals surface area (Å²) in [5.74, 6) is -3.79. The summed E-state index contributed by atoms with van der Waals surface area (Å²) in [7, 11) is 0. The molecule has 0 aliphatic heterocycles. The van der Waals surface area contributed by atoms with E-state index in [0.717, 1.165) is 24.3 Å². The number of nitrogens with one attached hydrogen (secondary N) is 1. The van der Waals surface area contributed by atoms with Gasteiger partial charge in [0, 0.05) is 12.1 Å². The van der Waals surface area contributed by atoms with Crippen LogP contribution >= 0.6 is 11.6 Å². The zero-order valence-corrected chi connectivity index (χ0v) is 10.4. The second kappa shape index (κ2) is 4.49. The largest absolute Gasteiger partial charge is 0.338 e. The lowest BCUT2D eigenvalue weighted by Crippen LogP contribution is -1.89. The highest BCUT2D eigenvalue weighted by atomic mass is 35.5. The maximum Gasteiger partial charge on any atom is 0.161 e. The lowest BCUT2D eigenvalue weighted by atomic mass is 10.2. The number of aromatic amines is 1. The van der Waals surface area contributed by atoms with Crippen molar-refractivity contribution in [1.82, 2.24) is 9.97 Å². The predicted molar refractivity (Wildman–Crippen MR) is 66.4 cm³/mol. The topological polar surface area (TPSA) is 28.7 Å². The van der Waals surface area contributed by atoms with Gasteiger partial charge < -0.3 is 4.98 Å². The van der Waals surface area contributed by atoms with Crippen LogP contribution in [0, 0.1) is 23.3 Å². The van der Waals surface area contributed by atoms with E-state index in [4.69, 9.17) is 11.6 Å². The number of benzene rings is 2. The van der Waals surface area contributed by atoms with Crippen LogP contribution in [0.3, 0.4) is 0 Å². The van der Waals surface area contributed by atoms with Crippen LogP contribution in [0.15, 0.2) is 24.3 Å². The molecule has 0 saturated carbocycles. The third-order valence-electron chi connectivity index (χ3n) is 2.79. The molecule has 0 saturated heterocycles. The van der Waals surface area contributed by atoms with Gasteiger partial charge in [-0.2, -0.15) is 0 Å². The minimum absolute atomic E-state index is 0.0435. The number of imidazole rings is 1. The lowest BCUT2D eigenvalue weighted by Gasteiger charge is -2.01. The Hall–Kier alpha value is -2.08. The van der Waals surface area contributed by atoms with E-state index >= 15 is 0 Å². The normalized spacial score (nSPS) is 11.2. The Labute approximate surface area is 115 Å². The summed E-state index contributed by atoms with van der Waals surface area (Å²) in [6, 6.07) is 3.43. The number of hydrogen-bond acceptors (Lipinski definition) is 1. The second-order valence-electron chi connectivity index (χ2n) is 4.12. The summed E-state index contributed by atoms with van der Waals surface area (Å²) >= 11 is 5.45. The highest BCUT2D eigenvalue weighted by Crippen LogP contribution is 2.28. The molecule has 1 heterocycles. The number of halogens is 5. The second-order valence-corrected chi connectivity index (χ2v) is 4.52. The molecule has 1 N–H and O–H groups in total. The van der Waals surface area contributed by atoms with Crippen LogP contribution < -0.4 is 0 Å². The molecule has 0 aliphatic rings. The Kier molecular flexibility index (Phi) is 2.90. The van der Waals surface area contributed by atoms with E-state index in [0.29, 0.717) is 0 Å². The van der Waals surface area contributed by atoms with Crippen molar-refractivity contribution in [3.05, 3.63) is 52.6 Å². The Morgan fingerprint density at radius 1 is 0.850 bits per heavy atom. The molecule has 0 radical (unpaired) electrons. The van der Waals surface area contributed by atoms with Crippen LogP contribution in [0.2, 0.25) is 5.02 Å². The van der Waals surface area contributed by atoms with Crippen molar-refractivity contribution in [1.29, 1.82) is 0 Å². The van der Waals surface area contributed by atoms with Crippen molar-refractivity contribution >= 4 is 22.6 Å². The highest BCUT2D eigenvalue weighted by molar-refractivity contribution is 6.30. The molecule has 7 heteroatoms. The molecule has 0 atom stereocenters. The SMILES string of the molecule is Fc1cc2nc(-c3cc(F)c(Cl)cc3F)[nH]c2cc1F. The maximum absolute atomic E-state index is 13.7. The average molecular weight is 301 g/mol. The van der Waals surface area contributed by atoms with Gasteiger partial charge in [0.2, 0.25) is 0 Å². The summed E-state index contributed by atoms with van der Waals surface area (Å²) in [4.78, 5) is 6.50. The third kappa shape index (κ3) is 2.02. The minimum Gasteiger partial charge on any atom is -0.338 e. The molecule has 0 unspecified atom stereocenters. The molecule has 0 fully saturated rings. The zero-order valence-electron chi connectivity index (χ0n) is 9.65. The van der Waals surface area contributed by atoms with E-state index in [9.17, 15) is 17.6 Å². The molecule has 0 bridgehead atoms. The number of H-pyrrole nitrogens is 1. The third-order valence-corrected chi connectivity index (χ3v) is 3.08. The monoisotopic (exact) mass is 300 g/mol. The lowest BCUT2D eigenvalue weighted by molar-refractivity contribution is 0.510. The Morgan fingerprint density at radius 2 is 1.55 bits per heavy atom. The first-order valence-electron chi connectivity index (χ1n) is 5.45. The number of hydrogen-bond donors (Lipinski definition) is 1. The van der Waals surface area contributed by atoms with E-state index in [2.05, 4.69) is 9.97 Å². The molecular formula is C13H5ClF4N2. The summed E-state index contributed by atoms with van der Waals surface area (Å²) in [6.45, 7) is 0. The molecule has 0 amide bonds. The van der Waals surface area contributed by atoms with Gasteiger partial charge in [0.15, 0.2) is 11.6 Å². The van der Waals surface area contributed by atoms with Crippen LogP contribution in [0.5, 0.6) is 0 Å². The van der Waals surface area contributed by atoms with Crippen molar-refractivity contribution in [2.24, 2.45) is 0 Å². The van der Waals surface area contributed by atoms with E-state index in [-0.39, 0.29) is 27.4 Å². The molecule has 0 aliphatic carbocycles. The average Bonchev–Trinajstić information content (AvgIpc) is 2.77. The molecule has 2 aromatic carbocycles. The number of fused-ring (bicyclic) bond motifs is 1. The summed E-state index contributed by atoms with van der Waals surface area (Å²) in [5.41, 5.74) is 0.103. The first-order valence-corrected chi connectivity index (χ1v) is 5.83. The summed E-state index contributed by atoms with van der Waals surface area (Å²) in [6.07, 6.45) is 0. The first kappa shape index (κ1) is 12.9. The van der Waals surface area contributed by atoms with E-state index in [1.807, 2.05) is 0 Å². The van der Waals surface area contributed by atoms with Gasteiger partial charge in [-0.25, -0.2) is 22.5 Å². The smallest absolute Gasteiger partial charge is 0.161 e. The summed E-state index contributed by atoms with van der Waals surface area (Å²) < 4.78 is 53.3. The van der Waals surface area contributed by atoms with Crippen molar-refractivity contribution in [2.45, 2.75) is 0 Å². The van der Waals surface area contributed by atoms with Crippen LogP contribution in [0.25, 0.3) is 22.4 Å². The van der Waals surface area contributed by atoms with Gasteiger partial charge in [0.05, 0.1) is 21.6 Å². The Morgan fingerprint density at radius 3 is 2.30 bits per heavy atom. The van der Waals surface area contributed by atoms with E-state index in [1.54, 1.807) is 0 Å². The molecule has 1 aromatic heterocycles. The Balaban J connectivity index is 2.22. The van der Waals surface area contributed by atoms with Gasteiger partial charge >= 0.3 is 0 Å². The van der Waals surface area contributed by atoms with Gasteiger partial charge in [0.1, 0.15) is 17.5 Å².